The quantitative estimate of drug-likeness (QED) is 0.867. The molecule has 1 unspecified atom stereocenters. The lowest BCUT2D eigenvalue weighted by molar-refractivity contribution is -0.176. The van der Waals surface area contributed by atoms with E-state index >= 15 is 0 Å². The third-order valence-electron chi connectivity index (χ3n) is 3.20. The van der Waals surface area contributed by atoms with Crippen LogP contribution in [0.5, 0.6) is 0 Å². The molecule has 0 bridgehead atoms. The maximum atomic E-state index is 12.7. The minimum absolute atomic E-state index is 0.0164. The Kier molecular flexibility index (Phi) is 4.29. The summed E-state index contributed by atoms with van der Waals surface area (Å²) < 4.78 is 38.2. The standard InChI is InChI=1S/C12H17F3N2S/c13-12(14,15)9(6-16)7-17(10-3-4-10)8-11-2-1-5-18-11/h1-2,5,9-10H,3-4,6-8,16H2. The molecular formula is C12H17F3N2S. The van der Waals surface area contributed by atoms with Gasteiger partial charge in [0.15, 0.2) is 0 Å². The molecule has 1 saturated carbocycles. The molecule has 0 spiro atoms. The van der Waals surface area contributed by atoms with Crippen LogP contribution in [0.3, 0.4) is 0 Å². The second-order valence-corrected chi connectivity index (χ2v) is 5.75. The highest BCUT2D eigenvalue weighted by Crippen LogP contribution is 2.33. The molecule has 0 amide bonds. The zero-order chi connectivity index (χ0) is 13.2. The van der Waals surface area contributed by atoms with Crippen LogP contribution >= 0.6 is 11.3 Å². The van der Waals surface area contributed by atoms with Crippen molar-refractivity contribution in [3.63, 3.8) is 0 Å². The maximum Gasteiger partial charge on any atom is 0.394 e. The highest BCUT2D eigenvalue weighted by molar-refractivity contribution is 7.09. The molecule has 1 atom stereocenters. The van der Waals surface area contributed by atoms with E-state index in [0.717, 1.165) is 17.7 Å². The first-order valence-electron chi connectivity index (χ1n) is 6.04. The van der Waals surface area contributed by atoms with E-state index in [4.69, 9.17) is 5.73 Å². The van der Waals surface area contributed by atoms with E-state index in [1.54, 1.807) is 11.3 Å². The average molecular weight is 278 g/mol. The van der Waals surface area contributed by atoms with Crippen molar-refractivity contribution in [1.82, 2.24) is 4.90 Å². The zero-order valence-corrected chi connectivity index (χ0v) is 10.8. The van der Waals surface area contributed by atoms with E-state index < -0.39 is 12.1 Å². The summed E-state index contributed by atoms with van der Waals surface area (Å²) in [6.45, 7) is 0.286. The van der Waals surface area contributed by atoms with Gasteiger partial charge in [-0.25, -0.2) is 0 Å². The first-order chi connectivity index (χ1) is 8.50. The Morgan fingerprint density at radius 1 is 1.44 bits per heavy atom. The monoisotopic (exact) mass is 278 g/mol. The van der Waals surface area contributed by atoms with Crippen LogP contribution in [0.2, 0.25) is 0 Å². The SMILES string of the molecule is NCC(CN(Cc1cccs1)C1CC1)C(F)(F)F. The molecule has 1 heterocycles. The molecule has 1 aromatic heterocycles. The highest BCUT2D eigenvalue weighted by atomic mass is 32.1. The van der Waals surface area contributed by atoms with Gasteiger partial charge in [0.1, 0.15) is 0 Å². The molecule has 6 heteroatoms. The lowest BCUT2D eigenvalue weighted by Crippen LogP contribution is -2.41. The fourth-order valence-corrected chi connectivity index (χ4v) is 2.71. The molecule has 18 heavy (non-hydrogen) atoms. The van der Waals surface area contributed by atoms with Crippen molar-refractivity contribution in [2.75, 3.05) is 13.1 Å². The van der Waals surface area contributed by atoms with Crippen molar-refractivity contribution in [1.29, 1.82) is 0 Å². The van der Waals surface area contributed by atoms with Gasteiger partial charge in [0.25, 0.3) is 0 Å². The van der Waals surface area contributed by atoms with Crippen LogP contribution in [0, 0.1) is 5.92 Å². The van der Waals surface area contributed by atoms with Crippen LogP contribution in [-0.4, -0.2) is 30.2 Å². The van der Waals surface area contributed by atoms with Crippen molar-refractivity contribution in [3.05, 3.63) is 22.4 Å². The van der Waals surface area contributed by atoms with Gasteiger partial charge in [0.2, 0.25) is 0 Å². The largest absolute Gasteiger partial charge is 0.394 e. The molecule has 0 aromatic carbocycles. The van der Waals surface area contributed by atoms with Crippen LogP contribution in [0.15, 0.2) is 17.5 Å². The molecule has 1 aliphatic rings. The van der Waals surface area contributed by atoms with Crippen LogP contribution in [0.4, 0.5) is 13.2 Å². The Bertz CT molecular complexity index is 360. The van der Waals surface area contributed by atoms with E-state index in [1.165, 1.54) is 0 Å². The van der Waals surface area contributed by atoms with E-state index in [2.05, 4.69) is 0 Å². The summed E-state index contributed by atoms with van der Waals surface area (Å²) in [5, 5.41) is 1.95. The fraction of sp³-hybridized carbons (Fsp3) is 0.667. The Morgan fingerprint density at radius 3 is 2.61 bits per heavy atom. The Labute approximate surface area is 109 Å². The van der Waals surface area contributed by atoms with Gasteiger partial charge in [0, 0.05) is 30.6 Å². The lowest BCUT2D eigenvalue weighted by Gasteiger charge is -2.27. The topological polar surface area (TPSA) is 29.3 Å². The van der Waals surface area contributed by atoms with Crippen molar-refractivity contribution >= 4 is 11.3 Å². The van der Waals surface area contributed by atoms with Gasteiger partial charge in [-0.15, -0.1) is 11.3 Å². The van der Waals surface area contributed by atoms with Crippen molar-refractivity contribution < 1.29 is 13.2 Å². The van der Waals surface area contributed by atoms with Gasteiger partial charge in [-0.1, -0.05) is 6.07 Å². The van der Waals surface area contributed by atoms with Crippen LogP contribution in [0.1, 0.15) is 17.7 Å². The van der Waals surface area contributed by atoms with Gasteiger partial charge in [-0.05, 0) is 24.3 Å². The molecular weight excluding hydrogens is 261 g/mol. The van der Waals surface area contributed by atoms with Gasteiger partial charge >= 0.3 is 6.18 Å². The minimum Gasteiger partial charge on any atom is -0.330 e. The summed E-state index contributed by atoms with van der Waals surface area (Å²) in [6.07, 6.45) is -2.20. The van der Waals surface area contributed by atoms with Crippen molar-refractivity contribution in [3.8, 4) is 0 Å². The molecule has 0 aliphatic heterocycles. The number of hydrogen-bond acceptors (Lipinski definition) is 3. The third kappa shape index (κ3) is 3.70. The van der Waals surface area contributed by atoms with Crippen LogP contribution in [-0.2, 0) is 6.54 Å². The van der Waals surface area contributed by atoms with E-state index in [9.17, 15) is 13.2 Å². The molecule has 1 fully saturated rings. The summed E-state index contributed by atoms with van der Waals surface area (Å²) in [5.74, 6) is -1.42. The summed E-state index contributed by atoms with van der Waals surface area (Å²) in [4.78, 5) is 3.04. The lowest BCUT2D eigenvalue weighted by atomic mass is 10.1. The second kappa shape index (κ2) is 5.59. The summed E-state index contributed by atoms with van der Waals surface area (Å²) in [6, 6.07) is 4.20. The minimum atomic E-state index is -4.20. The predicted octanol–water partition coefficient (Wildman–Crippen LogP) is 2.85. The average Bonchev–Trinajstić information content (AvgIpc) is 3.01. The molecule has 102 valence electrons. The molecule has 2 N–H and O–H groups in total. The van der Waals surface area contributed by atoms with Crippen molar-refractivity contribution in [2.45, 2.75) is 31.6 Å². The van der Waals surface area contributed by atoms with Crippen LogP contribution < -0.4 is 5.73 Å². The molecule has 2 rings (SSSR count). The second-order valence-electron chi connectivity index (χ2n) is 4.71. The molecule has 0 radical (unpaired) electrons. The Morgan fingerprint density at radius 2 is 2.17 bits per heavy atom. The van der Waals surface area contributed by atoms with E-state index in [-0.39, 0.29) is 13.1 Å². The maximum absolute atomic E-state index is 12.7. The number of nitrogens with zero attached hydrogens (tertiary/aromatic N) is 1. The van der Waals surface area contributed by atoms with Gasteiger partial charge in [0.05, 0.1) is 5.92 Å². The zero-order valence-electron chi connectivity index (χ0n) is 9.99. The number of thiophene rings is 1. The smallest absolute Gasteiger partial charge is 0.330 e. The Balaban J connectivity index is 1.97. The summed E-state index contributed by atoms with van der Waals surface area (Å²) >= 11 is 1.58. The van der Waals surface area contributed by atoms with Gasteiger partial charge < -0.3 is 5.73 Å². The van der Waals surface area contributed by atoms with Gasteiger partial charge in [-0.3, -0.25) is 4.90 Å². The van der Waals surface area contributed by atoms with E-state index in [1.807, 2.05) is 22.4 Å². The number of hydrogen-bond donors (Lipinski definition) is 1. The third-order valence-corrected chi connectivity index (χ3v) is 4.07. The molecule has 2 nitrogen and oxygen atoms in total. The fourth-order valence-electron chi connectivity index (χ4n) is 1.98. The molecule has 0 saturated heterocycles. The number of alkyl halides is 3. The molecule has 1 aliphatic carbocycles. The predicted molar refractivity (Wildman–Crippen MR) is 66.4 cm³/mol. The number of rotatable bonds is 6. The summed E-state index contributed by atoms with van der Waals surface area (Å²) in [5.41, 5.74) is 5.26. The van der Waals surface area contributed by atoms with Crippen LogP contribution in [0.25, 0.3) is 0 Å². The normalized spacial score (nSPS) is 18.3. The Hall–Kier alpha value is -0.590. The summed E-state index contributed by atoms with van der Waals surface area (Å²) in [7, 11) is 0. The van der Waals surface area contributed by atoms with Gasteiger partial charge in [-0.2, -0.15) is 13.2 Å². The van der Waals surface area contributed by atoms with E-state index in [0.29, 0.717) is 12.6 Å². The first-order valence-corrected chi connectivity index (χ1v) is 6.92. The first kappa shape index (κ1) is 13.8. The number of nitrogens with two attached hydrogens (primary N) is 1. The highest BCUT2D eigenvalue weighted by Gasteiger charge is 2.41. The number of halogens is 3. The van der Waals surface area contributed by atoms with Crippen molar-refractivity contribution in [2.24, 2.45) is 11.7 Å². The molecule has 1 aromatic rings.